The number of benzene rings is 2. The molecule has 4 heteroatoms. The van der Waals surface area contributed by atoms with Gasteiger partial charge < -0.3 is 10.1 Å². The molecule has 0 saturated carbocycles. The van der Waals surface area contributed by atoms with E-state index in [0.717, 1.165) is 9.13 Å². The molecule has 0 aliphatic carbocycles. The summed E-state index contributed by atoms with van der Waals surface area (Å²) in [6.45, 7) is 6.78. The van der Waals surface area contributed by atoms with Gasteiger partial charge in [-0.25, -0.2) is 4.39 Å². The second-order valence-electron chi connectivity index (χ2n) is 5.89. The first-order valence-corrected chi connectivity index (χ1v) is 7.89. The van der Waals surface area contributed by atoms with Crippen LogP contribution in [-0.2, 0) is 6.54 Å². The van der Waals surface area contributed by atoms with Crippen LogP contribution in [0.4, 0.5) is 4.39 Å². The Kier molecular flexibility index (Phi) is 5.22. The average Bonchev–Trinajstić information content (AvgIpc) is 2.39. The van der Waals surface area contributed by atoms with Gasteiger partial charge in [0.25, 0.3) is 0 Å². The zero-order valence-corrected chi connectivity index (χ0v) is 14.6. The minimum absolute atomic E-state index is 0.0360. The van der Waals surface area contributed by atoms with Crippen LogP contribution in [0.25, 0.3) is 0 Å². The fraction of sp³-hybridized carbons (Fsp3) is 0.294. The predicted molar refractivity (Wildman–Crippen MR) is 92.2 cm³/mol. The smallest absolute Gasteiger partial charge is 0.167 e. The van der Waals surface area contributed by atoms with Crippen molar-refractivity contribution in [1.29, 1.82) is 0 Å². The van der Waals surface area contributed by atoms with Crippen molar-refractivity contribution in [1.82, 2.24) is 5.32 Å². The van der Waals surface area contributed by atoms with Crippen molar-refractivity contribution >= 4 is 22.6 Å². The van der Waals surface area contributed by atoms with Crippen molar-refractivity contribution in [2.24, 2.45) is 0 Å². The Labute approximate surface area is 138 Å². The van der Waals surface area contributed by atoms with E-state index in [1.807, 2.05) is 30.3 Å². The van der Waals surface area contributed by atoms with Crippen molar-refractivity contribution in [2.45, 2.75) is 32.9 Å². The molecule has 2 rings (SSSR count). The molecule has 0 radical (unpaired) electrons. The third-order valence-electron chi connectivity index (χ3n) is 2.87. The van der Waals surface area contributed by atoms with E-state index in [4.69, 9.17) is 4.74 Å². The number of rotatable bonds is 4. The lowest BCUT2D eigenvalue weighted by Crippen LogP contribution is -2.35. The summed E-state index contributed by atoms with van der Waals surface area (Å²) in [5, 5.41) is 3.35. The van der Waals surface area contributed by atoms with Gasteiger partial charge in [-0.05, 0) is 67.6 Å². The van der Waals surface area contributed by atoms with Crippen molar-refractivity contribution < 1.29 is 9.13 Å². The van der Waals surface area contributed by atoms with Crippen molar-refractivity contribution in [2.75, 3.05) is 0 Å². The second kappa shape index (κ2) is 6.75. The number of nitrogens with one attached hydrogen (secondary N) is 1. The van der Waals surface area contributed by atoms with Gasteiger partial charge in [0.2, 0.25) is 0 Å². The van der Waals surface area contributed by atoms with Crippen LogP contribution in [0.5, 0.6) is 11.5 Å². The van der Waals surface area contributed by atoms with E-state index in [2.05, 4.69) is 48.7 Å². The summed E-state index contributed by atoms with van der Waals surface area (Å²) < 4.78 is 20.9. The maximum atomic E-state index is 14.1. The zero-order chi connectivity index (χ0) is 15.5. The quantitative estimate of drug-likeness (QED) is 0.722. The SMILES string of the molecule is CC(C)(C)NCc1cccc(F)c1Oc1cccc(I)c1. The molecule has 0 aromatic heterocycles. The van der Waals surface area contributed by atoms with E-state index in [-0.39, 0.29) is 17.1 Å². The molecule has 0 spiro atoms. The Bertz CT molecular complexity index is 622. The molecule has 0 aliphatic heterocycles. The van der Waals surface area contributed by atoms with Gasteiger partial charge in [0.1, 0.15) is 5.75 Å². The molecule has 0 unspecified atom stereocenters. The maximum absolute atomic E-state index is 14.1. The van der Waals surface area contributed by atoms with Gasteiger partial charge in [0.05, 0.1) is 0 Å². The summed E-state index contributed by atoms with van der Waals surface area (Å²) in [5.41, 5.74) is 0.773. The number of halogens is 2. The van der Waals surface area contributed by atoms with Crippen molar-refractivity contribution in [3.63, 3.8) is 0 Å². The Morgan fingerprint density at radius 3 is 2.52 bits per heavy atom. The highest BCUT2D eigenvalue weighted by Crippen LogP contribution is 2.29. The molecule has 0 bridgehead atoms. The average molecular weight is 399 g/mol. The molecule has 0 saturated heterocycles. The van der Waals surface area contributed by atoms with Gasteiger partial charge >= 0.3 is 0 Å². The van der Waals surface area contributed by atoms with Crippen LogP contribution in [-0.4, -0.2) is 5.54 Å². The molecule has 0 aliphatic rings. The van der Waals surface area contributed by atoms with Crippen molar-refractivity contribution in [3.8, 4) is 11.5 Å². The molecule has 2 nitrogen and oxygen atoms in total. The summed E-state index contributed by atoms with van der Waals surface area (Å²) in [5.74, 6) is 0.585. The number of hydrogen-bond acceptors (Lipinski definition) is 2. The Hall–Kier alpha value is -1.14. The van der Waals surface area contributed by atoms with E-state index >= 15 is 0 Å². The van der Waals surface area contributed by atoms with E-state index < -0.39 is 0 Å². The summed E-state index contributed by atoms with van der Waals surface area (Å²) >= 11 is 2.21. The van der Waals surface area contributed by atoms with Gasteiger partial charge in [-0.2, -0.15) is 0 Å². The lowest BCUT2D eigenvalue weighted by atomic mass is 10.1. The molecule has 112 valence electrons. The van der Waals surface area contributed by atoms with Crippen LogP contribution in [0, 0.1) is 9.39 Å². The molecular formula is C17H19FINO. The summed E-state index contributed by atoms with van der Waals surface area (Å²) in [4.78, 5) is 0. The molecule has 2 aromatic rings. The highest BCUT2D eigenvalue weighted by Gasteiger charge is 2.14. The summed E-state index contributed by atoms with van der Waals surface area (Å²) in [7, 11) is 0. The first-order chi connectivity index (χ1) is 9.85. The third kappa shape index (κ3) is 4.97. The fourth-order valence-corrected chi connectivity index (χ4v) is 2.33. The largest absolute Gasteiger partial charge is 0.454 e. The number of para-hydroxylation sites is 1. The molecule has 2 aromatic carbocycles. The van der Waals surface area contributed by atoms with Crippen LogP contribution in [0.1, 0.15) is 26.3 Å². The topological polar surface area (TPSA) is 21.3 Å². The Morgan fingerprint density at radius 1 is 1.14 bits per heavy atom. The molecular weight excluding hydrogens is 380 g/mol. The minimum atomic E-state index is -0.345. The first kappa shape index (κ1) is 16.2. The normalized spacial score (nSPS) is 11.5. The molecule has 21 heavy (non-hydrogen) atoms. The fourth-order valence-electron chi connectivity index (χ4n) is 1.82. The standard InChI is InChI=1S/C17H19FINO/c1-17(2,3)20-11-12-6-4-9-15(18)16(12)21-14-8-5-7-13(19)10-14/h4-10,20H,11H2,1-3H3. The van der Waals surface area contributed by atoms with E-state index in [1.165, 1.54) is 6.07 Å². The maximum Gasteiger partial charge on any atom is 0.167 e. The predicted octanol–water partition coefficient (Wildman–Crippen LogP) is 5.11. The second-order valence-corrected chi connectivity index (χ2v) is 7.14. The van der Waals surface area contributed by atoms with Gasteiger partial charge in [-0.1, -0.05) is 18.2 Å². The van der Waals surface area contributed by atoms with Gasteiger partial charge in [0, 0.05) is 21.2 Å². The lowest BCUT2D eigenvalue weighted by Gasteiger charge is -2.21. The van der Waals surface area contributed by atoms with Gasteiger partial charge in [-0.15, -0.1) is 0 Å². The monoisotopic (exact) mass is 399 g/mol. The number of ether oxygens (including phenoxy) is 1. The van der Waals surface area contributed by atoms with Crippen LogP contribution in [0.2, 0.25) is 0 Å². The van der Waals surface area contributed by atoms with Crippen LogP contribution < -0.4 is 10.1 Å². The van der Waals surface area contributed by atoms with Crippen LogP contribution in [0.15, 0.2) is 42.5 Å². The molecule has 0 amide bonds. The van der Waals surface area contributed by atoms with Crippen molar-refractivity contribution in [3.05, 3.63) is 57.4 Å². The molecule has 0 atom stereocenters. The lowest BCUT2D eigenvalue weighted by molar-refractivity contribution is 0.403. The zero-order valence-electron chi connectivity index (χ0n) is 12.4. The van der Waals surface area contributed by atoms with E-state index in [9.17, 15) is 4.39 Å². The highest BCUT2D eigenvalue weighted by molar-refractivity contribution is 14.1. The first-order valence-electron chi connectivity index (χ1n) is 6.81. The van der Waals surface area contributed by atoms with Crippen LogP contribution in [0.3, 0.4) is 0 Å². The third-order valence-corrected chi connectivity index (χ3v) is 3.54. The number of hydrogen-bond donors (Lipinski definition) is 1. The minimum Gasteiger partial charge on any atom is -0.454 e. The van der Waals surface area contributed by atoms with E-state index in [0.29, 0.717) is 12.3 Å². The van der Waals surface area contributed by atoms with E-state index in [1.54, 1.807) is 6.07 Å². The van der Waals surface area contributed by atoms with Crippen LogP contribution >= 0.6 is 22.6 Å². The summed E-state index contributed by atoms with van der Waals surface area (Å²) in [6, 6.07) is 12.6. The van der Waals surface area contributed by atoms with Gasteiger partial charge in [-0.3, -0.25) is 0 Å². The Morgan fingerprint density at radius 2 is 1.86 bits per heavy atom. The highest BCUT2D eigenvalue weighted by atomic mass is 127. The molecule has 0 fully saturated rings. The Balaban J connectivity index is 2.25. The molecule has 0 heterocycles. The summed E-state index contributed by atoms with van der Waals surface area (Å²) in [6.07, 6.45) is 0. The van der Waals surface area contributed by atoms with Gasteiger partial charge in [0.15, 0.2) is 11.6 Å². The molecule has 1 N–H and O–H groups in total.